The monoisotopic (exact) mass is 186 g/mol. The fraction of sp³-hybridized carbons (Fsp3) is 0.909. The van der Waals surface area contributed by atoms with Crippen LogP contribution in [0.3, 0.4) is 0 Å². The summed E-state index contributed by atoms with van der Waals surface area (Å²) in [6.45, 7) is 3.19. The molecule has 1 aliphatic rings. The molecule has 1 nitrogen and oxygen atoms in total. The minimum atomic E-state index is -1.20. The van der Waals surface area contributed by atoms with Gasteiger partial charge in [-0.2, -0.15) is 0 Å². The maximum absolute atomic E-state index is 13.7. The number of hydrogen-bond acceptors (Lipinski definition) is 1. The summed E-state index contributed by atoms with van der Waals surface area (Å²) in [6, 6.07) is 0. The lowest BCUT2D eigenvalue weighted by Gasteiger charge is -2.30. The molecule has 1 rings (SSSR count). The van der Waals surface area contributed by atoms with Crippen LogP contribution in [0.1, 0.15) is 46.0 Å². The molecule has 0 amide bonds. The third kappa shape index (κ3) is 2.78. The van der Waals surface area contributed by atoms with Gasteiger partial charge in [-0.05, 0) is 19.8 Å². The quantitative estimate of drug-likeness (QED) is 0.616. The molecule has 0 spiro atoms. The summed E-state index contributed by atoms with van der Waals surface area (Å²) in [7, 11) is 0. The van der Waals surface area contributed by atoms with Gasteiger partial charge in [0.15, 0.2) is 0 Å². The summed E-state index contributed by atoms with van der Waals surface area (Å²) in [4.78, 5) is 10.5. The average Bonchev–Trinajstić information content (AvgIpc) is 2.49. The topological polar surface area (TPSA) is 17.1 Å². The minimum absolute atomic E-state index is 0.0625. The van der Waals surface area contributed by atoms with Crippen molar-refractivity contribution in [2.45, 2.75) is 51.6 Å². The molecule has 1 aliphatic carbocycles. The summed E-state index contributed by atoms with van der Waals surface area (Å²) >= 11 is 0. The highest BCUT2D eigenvalue weighted by Crippen LogP contribution is 2.39. The maximum atomic E-state index is 13.7. The number of hydrogen-bond donors (Lipinski definition) is 0. The van der Waals surface area contributed by atoms with Crippen molar-refractivity contribution in [1.82, 2.24) is 0 Å². The van der Waals surface area contributed by atoms with Crippen molar-refractivity contribution in [3.05, 3.63) is 0 Å². The molecule has 0 saturated heterocycles. The van der Waals surface area contributed by atoms with Crippen LogP contribution < -0.4 is 0 Å². The van der Waals surface area contributed by atoms with E-state index in [1.165, 1.54) is 12.8 Å². The first-order chi connectivity index (χ1) is 6.05. The van der Waals surface area contributed by atoms with Gasteiger partial charge >= 0.3 is 0 Å². The summed E-state index contributed by atoms with van der Waals surface area (Å²) in [5, 5.41) is 0. The molecule has 1 fully saturated rings. The maximum Gasteiger partial charge on any atom is 0.120 e. The van der Waals surface area contributed by atoms with Crippen LogP contribution in [0.4, 0.5) is 4.39 Å². The van der Waals surface area contributed by atoms with Crippen LogP contribution in [0.5, 0.6) is 0 Å². The number of halogens is 1. The Morgan fingerprint density at radius 1 is 1.46 bits per heavy atom. The van der Waals surface area contributed by atoms with E-state index in [0.717, 1.165) is 19.1 Å². The van der Waals surface area contributed by atoms with Crippen molar-refractivity contribution in [1.29, 1.82) is 0 Å². The highest BCUT2D eigenvalue weighted by Gasteiger charge is 2.36. The van der Waals surface area contributed by atoms with Gasteiger partial charge in [-0.15, -0.1) is 0 Å². The predicted molar refractivity (Wildman–Crippen MR) is 51.3 cm³/mol. The van der Waals surface area contributed by atoms with Crippen molar-refractivity contribution in [2.75, 3.05) is 0 Å². The second kappa shape index (κ2) is 4.21. The van der Waals surface area contributed by atoms with Gasteiger partial charge < -0.3 is 4.79 Å². The Morgan fingerprint density at radius 3 is 2.38 bits per heavy atom. The molecule has 1 unspecified atom stereocenters. The van der Waals surface area contributed by atoms with Crippen LogP contribution in [-0.2, 0) is 4.79 Å². The number of rotatable bonds is 4. The van der Waals surface area contributed by atoms with Crippen LogP contribution >= 0.6 is 0 Å². The van der Waals surface area contributed by atoms with Crippen molar-refractivity contribution >= 4 is 6.29 Å². The van der Waals surface area contributed by atoms with Crippen LogP contribution in [0, 0.1) is 11.8 Å². The molecular weight excluding hydrogens is 167 g/mol. The second-order valence-electron chi connectivity index (χ2n) is 4.62. The number of aldehydes is 1. The minimum Gasteiger partial charge on any atom is -0.303 e. The van der Waals surface area contributed by atoms with Crippen LogP contribution in [0.15, 0.2) is 0 Å². The summed E-state index contributed by atoms with van der Waals surface area (Å²) in [5.41, 5.74) is -1.20. The largest absolute Gasteiger partial charge is 0.303 e. The van der Waals surface area contributed by atoms with E-state index >= 15 is 0 Å². The number of carbonyl (C=O) groups is 1. The Kier molecular flexibility index (Phi) is 3.46. The second-order valence-corrected chi connectivity index (χ2v) is 4.62. The highest BCUT2D eigenvalue weighted by molar-refractivity contribution is 5.50. The van der Waals surface area contributed by atoms with Gasteiger partial charge in [-0.1, -0.05) is 25.7 Å². The molecule has 0 N–H and O–H groups in total. The van der Waals surface area contributed by atoms with Crippen LogP contribution in [0.25, 0.3) is 0 Å². The van der Waals surface area contributed by atoms with E-state index in [1.807, 2.05) is 0 Å². The van der Waals surface area contributed by atoms with E-state index in [-0.39, 0.29) is 5.92 Å². The molecule has 76 valence electrons. The van der Waals surface area contributed by atoms with E-state index in [9.17, 15) is 9.18 Å². The normalized spacial score (nSPS) is 21.8. The fourth-order valence-electron chi connectivity index (χ4n) is 2.50. The standard InChI is InChI=1S/C11H19FO/c1-11(2,12)10(7-8-13)9-5-3-4-6-9/h8-10H,3-7H2,1-2H3. The van der Waals surface area contributed by atoms with E-state index in [0.29, 0.717) is 12.3 Å². The van der Waals surface area contributed by atoms with Crippen LogP contribution in [0.2, 0.25) is 0 Å². The molecule has 0 aromatic rings. The Balaban J connectivity index is 2.60. The third-order valence-corrected chi connectivity index (χ3v) is 3.20. The Bertz CT molecular complexity index is 165. The lowest BCUT2D eigenvalue weighted by molar-refractivity contribution is -0.110. The van der Waals surface area contributed by atoms with Gasteiger partial charge in [0.25, 0.3) is 0 Å². The van der Waals surface area contributed by atoms with Gasteiger partial charge in [0.1, 0.15) is 12.0 Å². The predicted octanol–water partition coefficient (Wildman–Crippen LogP) is 3.13. The molecule has 0 aliphatic heterocycles. The lowest BCUT2D eigenvalue weighted by Crippen LogP contribution is -2.31. The van der Waals surface area contributed by atoms with E-state index in [4.69, 9.17) is 0 Å². The zero-order chi connectivity index (χ0) is 9.90. The van der Waals surface area contributed by atoms with Gasteiger partial charge in [-0.3, -0.25) is 0 Å². The van der Waals surface area contributed by atoms with Gasteiger partial charge in [0.05, 0.1) is 0 Å². The molecule has 0 radical (unpaired) electrons. The fourth-order valence-corrected chi connectivity index (χ4v) is 2.50. The molecule has 0 bridgehead atoms. The first kappa shape index (κ1) is 10.7. The number of carbonyl (C=O) groups excluding carboxylic acids is 1. The summed E-state index contributed by atoms with van der Waals surface area (Å²) in [6.07, 6.45) is 5.86. The van der Waals surface area contributed by atoms with Gasteiger partial charge in [0, 0.05) is 12.3 Å². The van der Waals surface area contributed by atoms with Crippen molar-refractivity contribution < 1.29 is 9.18 Å². The van der Waals surface area contributed by atoms with Gasteiger partial charge in [0.2, 0.25) is 0 Å². The van der Waals surface area contributed by atoms with Crippen molar-refractivity contribution in [2.24, 2.45) is 11.8 Å². The Morgan fingerprint density at radius 2 is 2.00 bits per heavy atom. The molecule has 2 heteroatoms. The summed E-state index contributed by atoms with van der Waals surface area (Å²) < 4.78 is 13.7. The Labute approximate surface area is 79.7 Å². The summed E-state index contributed by atoms with van der Waals surface area (Å²) in [5.74, 6) is 0.373. The molecule has 0 heterocycles. The molecule has 1 saturated carbocycles. The number of alkyl halides is 1. The van der Waals surface area contributed by atoms with Crippen molar-refractivity contribution in [3.8, 4) is 0 Å². The average molecular weight is 186 g/mol. The molecule has 1 atom stereocenters. The van der Waals surface area contributed by atoms with Gasteiger partial charge in [-0.25, -0.2) is 4.39 Å². The molecule has 0 aromatic carbocycles. The van der Waals surface area contributed by atoms with E-state index in [2.05, 4.69) is 0 Å². The Hall–Kier alpha value is -0.400. The molecule has 13 heavy (non-hydrogen) atoms. The third-order valence-electron chi connectivity index (χ3n) is 3.20. The van der Waals surface area contributed by atoms with Crippen molar-refractivity contribution in [3.63, 3.8) is 0 Å². The zero-order valence-corrected chi connectivity index (χ0v) is 8.55. The first-order valence-corrected chi connectivity index (χ1v) is 5.18. The molecular formula is C11H19FO. The smallest absolute Gasteiger partial charge is 0.120 e. The molecule has 0 aromatic heterocycles. The van der Waals surface area contributed by atoms with Crippen LogP contribution in [-0.4, -0.2) is 12.0 Å². The van der Waals surface area contributed by atoms with E-state index < -0.39 is 5.67 Å². The first-order valence-electron chi connectivity index (χ1n) is 5.18. The lowest BCUT2D eigenvalue weighted by atomic mass is 9.78. The van der Waals surface area contributed by atoms with E-state index in [1.54, 1.807) is 13.8 Å². The SMILES string of the molecule is CC(C)(F)C(CC=O)C1CCCC1. The highest BCUT2D eigenvalue weighted by atomic mass is 19.1. The zero-order valence-electron chi connectivity index (χ0n) is 8.55.